The molecule has 1 atom stereocenters. The van der Waals surface area contributed by atoms with Crippen molar-refractivity contribution in [3.8, 4) is 11.5 Å². The van der Waals surface area contributed by atoms with Crippen LogP contribution in [0.25, 0.3) is 0 Å². The molecule has 1 aromatic carbocycles. The fourth-order valence-electron chi connectivity index (χ4n) is 1.25. The predicted octanol–water partition coefficient (Wildman–Crippen LogP) is 1.03. The first-order valence-corrected chi connectivity index (χ1v) is 4.56. The molecule has 1 rings (SSSR count). The summed E-state index contributed by atoms with van der Waals surface area (Å²) >= 11 is 0. The maximum absolute atomic E-state index is 10.9. The Bertz CT molecular complexity index is 435. The van der Waals surface area contributed by atoms with E-state index >= 15 is 0 Å². The van der Waals surface area contributed by atoms with E-state index in [1.54, 1.807) is 0 Å². The molecule has 0 saturated heterocycles. The lowest BCUT2D eigenvalue weighted by Gasteiger charge is -2.20. The number of hydrogen-bond donors (Lipinski definition) is 4. The molecule has 0 aromatic heterocycles. The van der Waals surface area contributed by atoms with Gasteiger partial charge in [0.2, 0.25) is 0 Å². The van der Waals surface area contributed by atoms with Crippen LogP contribution >= 0.6 is 12.4 Å². The summed E-state index contributed by atoms with van der Waals surface area (Å²) in [5.74, 6) is -1.77. The molecule has 5 N–H and O–H groups in total. The van der Waals surface area contributed by atoms with Gasteiger partial charge < -0.3 is 21.1 Å². The molecule has 0 amide bonds. The van der Waals surface area contributed by atoms with Crippen molar-refractivity contribution in [2.45, 2.75) is 12.0 Å². The predicted molar refractivity (Wildman–Crippen MR) is 65.5 cm³/mol. The number of rotatable bonds is 4. The van der Waals surface area contributed by atoms with Gasteiger partial charge in [-0.3, -0.25) is 0 Å². The van der Waals surface area contributed by atoms with E-state index in [9.17, 15) is 9.90 Å². The van der Waals surface area contributed by atoms with Gasteiger partial charge in [-0.1, -0.05) is 12.1 Å². The lowest BCUT2D eigenvalue weighted by Crippen LogP contribution is -2.47. The van der Waals surface area contributed by atoms with Crippen LogP contribution in [0.5, 0.6) is 11.5 Å². The molecule has 0 unspecified atom stereocenters. The van der Waals surface area contributed by atoms with Gasteiger partial charge in [0.15, 0.2) is 11.5 Å². The summed E-state index contributed by atoms with van der Waals surface area (Å²) in [5.41, 5.74) is 4.52. The average Bonchev–Trinajstić information content (AvgIpc) is 2.23. The fourth-order valence-corrected chi connectivity index (χ4v) is 1.25. The zero-order valence-electron chi connectivity index (χ0n) is 8.96. The van der Waals surface area contributed by atoms with Crippen molar-refractivity contribution in [3.05, 3.63) is 36.4 Å². The standard InChI is InChI=1S/C11H13NO4.ClH/c1-2-11(12,10(15)16)6-7-3-4-8(13)9(14)5-7;/h2-5,13-14H,1,6,12H2,(H,15,16);1H/t11-;/m0./s1. The number of aromatic hydroxyl groups is 2. The van der Waals surface area contributed by atoms with Crippen molar-refractivity contribution >= 4 is 18.4 Å². The van der Waals surface area contributed by atoms with Crippen LogP contribution in [0.15, 0.2) is 30.9 Å². The van der Waals surface area contributed by atoms with Crippen molar-refractivity contribution < 1.29 is 20.1 Å². The largest absolute Gasteiger partial charge is 0.504 e. The zero-order valence-corrected chi connectivity index (χ0v) is 9.78. The normalized spacial score (nSPS) is 13.2. The van der Waals surface area contributed by atoms with E-state index in [0.717, 1.165) is 6.08 Å². The number of hydrogen-bond acceptors (Lipinski definition) is 4. The Morgan fingerprint density at radius 2 is 2.00 bits per heavy atom. The summed E-state index contributed by atoms with van der Waals surface area (Å²) in [5, 5.41) is 27.2. The van der Waals surface area contributed by atoms with E-state index in [4.69, 9.17) is 15.9 Å². The highest BCUT2D eigenvalue weighted by molar-refractivity contribution is 5.85. The second kappa shape index (κ2) is 5.56. The van der Waals surface area contributed by atoms with E-state index in [-0.39, 0.29) is 30.3 Å². The third-order valence-corrected chi connectivity index (χ3v) is 2.30. The third kappa shape index (κ3) is 3.37. The molecule has 0 aliphatic heterocycles. The number of carboxylic acid groups (broad SMARTS) is 1. The Balaban J connectivity index is 0.00000256. The molecule has 0 bridgehead atoms. The molecule has 0 aliphatic carbocycles. The highest BCUT2D eigenvalue weighted by Gasteiger charge is 2.30. The Kier molecular flexibility index (Phi) is 5.00. The number of carbonyl (C=O) groups is 1. The topological polar surface area (TPSA) is 104 Å². The minimum atomic E-state index is -1.58. The number of halogens is 1. The van der Waals surface area contributed by atoms with Gasteiger partial charge in [-0.15, -0.1) is 19.0 Å². The smallest absolute Gasteiger partial charge is 0.328 e. The van der Waals surface area contributed by atoms with Gasteiger partial charge in [-0.25, -0.2) is 4.79 Å². The molecule has 94 valence electrons. The molecule has 0 radical (unpaired) electrons. The number of benzene rings is 1. The van der Waals surface area contributed by atoms with Crippen LogP contribution in [0.4, 0.5) is 0 Å². The van der Waals surface area contributed by atoms with Crippen LogP contribution in [0.1, 0.15) is 5.56 Å². The average molecular weight is 260 g/mol. The van der Waals surface area contributed by atoms with Gasteiger partial charge in [0.05, 0.1) is 0 Å². The first-order valence-electron chi connectivity index (χ1n) is 4.56. The summed E-state index contributed by atoms with van der Waals surface area (Å²) in [6, 6.07) is 4.03. The zero-order chi connectivity index (χ0) is 12.3. The maximum atomic E-state index is 10.9. The van der Waals surface area contributed by atoms with Crippen molar-refractivity contribution in [2.75, 3.05) is 0 Å². The lowest BCUT2D eigenvalue weighted by molar-refractivity contribution is -0.141. The number of carboxylic acids is 1. The quantitative estimate of drug-likeness (QED) is 0.478. The van der Waals surface area contributed by atoms with Crippen LogP contribution in [0.3, 0.4) is 0 Å². The van der Waals surface area contributed by atoms with Crippen molar-refractivity contribution in [2.24, 2.45) is 5.73 Å². The van der Waals surface area contributed by atoms with Gasteiger partial charge in [0.25, 0.3) is 0 Å². The van der Waals surface area contributed by atoms with E-state index in [2.05, 4.69) is 6.58 Å². The Morgan fingerprint density at radius 1 is 1.41 bits per heavy atom. The van der Waals surface area contributed by atoms with Crippen LogP contribution in [-0.4, -0.2) is 26.8 Å². The van der Waals surface area contributed by atoms with Crippen LogP contribution < -0.4 is 5.73 Å². The molecule has 1 aromatic rings. The van der Waals surface area contributed by atoms with Gasteiger partial charge >= 0.3 is 5.97 Å². The Labute approximate surface area is 105 Å². The molecular formula is C11H14ClNO4. The minimum absolute atomic E-state index is 0. The van der Waals surface area contributed by atoms with Gasteiger partial charge in [-0.2, -0.15) is 0 Å². The highest BCUT2D eigenvalue weighted by Crippen LogP contribution is 2.26. The molecular weight excluding hydrogens is 246 g/mol. The number of nitrogens with two attached hydrogens (primary N) is 1. The monoisotopic (exact) mass is 259 g/mol. The van der Waals surface area contributed by atoms with Gasteiger partial charge in [0, 0.05) is 6.42 Å². The van der Waals surface area contributed by atoms with E-state index in [1.807, 2.05) is 0 Å². The highest BCUT2D eigenvalue weighted by atomic mass is 35.5. The van der Waals surface area contributed by atoms with Gasteiger partial charge in [-0.05, 0) is 17.7 Å². The first-order chi connectivity index (χ1) is 7.39. The van der Waals surface area contributed by atoms with Crippen molar-refractivity contribution in [1.82, 2.24) is 0 Å². The lowest BCUT2D eigenvalue weighted by atomic mass is 9.92. The Hall–Kier alpha value is -1.72. The van der Waals surface area contributed by atoms with Crippen molar-refractivity contribution in [3.63, 3.8) is 0 Å². The number of aliphatic carboxylic acids is 1. The van der Waals surface area contributed by atoms with Crippen LogP contribution in [-0.2, 0) is 11.2 Å². The SMILES string of the molecule is C=C[C@](N)(Cc1ccc(O)c(O)c1)C(=O)O.Cl. The molecule has 5 nitrogen and oxygen atoms in total. The summed E-state index contributed by atoms with van der Waals surface area (Å²) in [6.45, 7) is 3.37. The molecule has 0 heterocycles. The summed E-state index contributed by atoms with van der Waals surface area (Å²) < 4.78 is 0. The minimum Gasteiger partial charge on any atom is -0.504 e. The molecule has 0 saturated carbocycles. The summed E-state index contributed by atoms with van der Waals surface area (Å²) in [7, 11) is 0. The maximum Gasteiger partial charge on any atom is 0.328 e. The van der Waals surface area contributed by atoms with Gasteiger partial charge in [0.1, 0.15) is 5.54 Å². The molecule has 0 fully saturated rings. The summed E-state index contributed by atoms with van der Waals surface area (Å²) in [6.07, 6.45) is 1.12. The Morgan fingerprint density at radius 3 is 2.41 bits per heavy atom. The fraction of sp³-hybridized carbons (Fsp3) is 0.182. The molecule has 0 spiro atoms. The van der Waals surface area contributed by atoms with E-state index in [1.165, 1.54) is 18.2 Å². The molecule has 17 heavy (non-hydrogen) atoms. The number of phenolic OH excluding ortho intramolecular Hbond substituents is 2. The molecule has 6 heteroatoms. The summed E-state index contributed by atoms with van der Waals surface area (Å²) in [4.78, 5) is 10.9. The third-order valence-electron chi connectivity index (χ3n) is 2.30. The van der Waals surface area contributed by atoms with E-state index < -0.39 is 11.5 Å². The van der Waals surface area contributed by atoms with Crippen LogP contribution in [0, 0.1) is 0 Å². The molecule has 0 aliphatic rings. The second-order valence-electron chi connectivity index (χ2n) is 3.55. The van der Waals surface area contributed by atoms with E-state index in [0.29, 0.717) is 5.56 Å². The van der Waals surface area contributed by atoms with Crippen LogP contribution in [0.2, 0.25) is 0 Å². The first kappa shape index (κ1) is 15.3. The second-order valence-corrected chi connectivity index (χ2v) is 3.55. The van der Waals surface area contributed by atoms with Crippen molar-refractivity contribution in [1.29, 1.82) is 0 Å². The number of phenols is 2.